The summed E-state index contributed by atoms with van der Waals surface area (Å²) >= 11 is 0. The third-order valence-corrected chi connectivity index (χ3v) is 2.67. The molecule has 0 fully saturated rings. The van der Waals surface area contributed by atoms with Crippen molar-refractivity contribution in [3.8, 4) is 5.75 Å². The standard InChI is InChI=1S/C13H16O3/c1-5-9-6-8(2)11-10(7-9)15-13(3,4)16-12(11)14/h6-7H,5H2,1-4H3. The maximum atomic E-state index is 11.8. The zero-order valence-corrected chi connectivity index (χ0v) is 10.1. The minimum Gasteiger partial charge on any atom is -0.452 e. The molecule has 3 nitrogen and oxygen atoms in total. The molecule has 2 rings (SSSR count). The first-order chi connectivity index (χ1) is 7.43. The Kier molecular flexibility index (Phi) is 2.41. The summed E-state index contributed by atoms with van der Waals surface area (Å²) in [6, 6.07) is 3.92. The van der Waals surface area contributed by atoms with Crippen LogP contribution in [0.5, 0.6) is 5.75 Å². The lowest BCUT2D eigenvalue weighted by Crippen LogP contribution is -2.39. The van der Waals surface area contributed by atoms with Gasteiger partial charge in [-0.3, -0.25) is 0 Å². The molecular weight excluding hydrogens is 204 g/mol. The third kappa shape index (κ3) is 1.77. The number of carbonyl (C=O) groups excluding carboxylic acids is 1. The molecule has 1 aromatic carbocycles. The molecule has 0 spiro atoms. The van der Waals surface area contributed by atoms with Crippen LogP contribution in [-0.4, -0.2) is 11.8 Å². The molecule has 0 atom stereocenters. The van der Waals surface area contributed by atoms with E-state index in [2.05, 4.69) is 6.92 Å². The van der Waals surface area contributed by atoms with E-state index < -0.39 is 5.79 Å². The molecule has 0 N–H and O–H groups in total. The second-order valence-electron chi connectivity index (χ2n) is 4.53. The number of benzene rings is 1. The van der Waals surface area contributed by atoms with Crippen molar-refractivity contribution in [1.29, 1.82) is 0 Å². The number of rotatable bonds is 1. The highest BCUT2D eigenvalue weighted by Gasteiger charge is 2.34. The summed E-state index contributed by atoms with van der Waals surface area (Å²) in [6.45, 7) is 7.46. The normalized spacial score (nSPS) is 17.4. The molecule has 86 valence electrons. The summed E-state index contributed by atoms with van der Waals surface area (Å²) < 4.78 is 10.9. The lowest BCUT2D eigenvalue weighted by Gasteiger charge is -2.32. The molecule has 1 aliphatic rings. The van der Waals surface area contributed by atoms with Crippen LogP contribution in [0.25, 0.3) is 0 Å². The van der Waals surface area contributed by atoms with Crippen LogP contribution in [0.15, 0.2) is 12.1 Å². The van der Waals surface area contributed by atoms with E-state index in [1.807, 2.05) is 19.1 Å². The Morgan fingerprint density at radius 1 is 1.25 bits per heavy atom. The van der Waals surface area contributed by atoms with Crippen molar-refractivity contribution >= 4 is 5.97 Å². The van der Waals surface area contributed by atoms with Gasteiger partial charge in [-0.25, -0.2) is 4.79 Å². The molecule has 0 radical (unpaired) electrons. The van der Waals surface area contributed by atoms with E-state index in [0.29, 0.717) is 11.3 Å². The fraction of sp³-hybridized carbons (Fsp3) is 0.462. The van der Waals surface area contributed by atoms with Gasteiger partial charge < -0.3 is 9.47 Å². The molecule has 0 saturated heterocycles. The van der Waals surface area contributed by atoms with Gasteiger partial charge in [-0.2, -0.15) is 0 Å². The number of carbonyl (C=O) groups is 1. The monoisotopic (exact) mass is 220 g/mol. The highest BCUT2D eigenvalue weighted by Crippen LogP contribution is 2.34. The van der Waals surface area contributed by atoms with Crippen molar-refractivity contribution in [2.75, 3.05) is 0 Å². The molecule has 3 heteroatoms. The van der Waals surface area contributed by atoms with Crippen molar-refractivity contribution in [3.63, 3.8) is 0 Å². The van der Waals surface area contributed by atoms with Gasteiger partial charge in [0.2, 0.25) is 5.79 Å². The van der Waals surface area contributed by atoms with E-state index in [-0.39, 0.29) is 5.97 Å². The van der Waals surface area contributed by atoms with Crippen LogP contribution in [0, 0.1) is 6.92 Å². The molecule has 1 aliphatic heterocycles. The van der Waals surface area contributed by atoms with Crippen LogP contribution < -0.4 is 4.74 Å². The molecule has 0 bridgehead atoms. The Morgan fingerprint density at radius 2 is 1.94 bits per heavy atom. The zero-order chi connectivity index (χ0) is 11.9. The van der Waals surface area contributed by atoms with Gasteiger partial charge in [-0.05, 0) is 30.5 Å². The number of hydrogen-bond acceptors (Lipinski definition) is 3. The first-order valence-electron chi connectivity index (χ1n) is 5.49. The Morgan fingerprint density at radius 3 is 2.56 bits per heavy atom. The highest BCUT2D eigenvalue weighted by atomic mass is 16.7. The summed E-state index contributed by atoms with van der Waals surface area (Å²) in [7, 11) is 0. The Balaban J connectivity index is 2.56. The maximum Gasteiger partial charge on any atom is 0.345 e. The summed E-state index contributed by atoms with van der Waals surface area (Å²) in [4.78, 5) is 11.8. The van der Waals surface area contributed by atoms with Crippen molar-refractivity contribution in [1.82, 2.24) is 0 Å². The minimum absolute atomic E-state index is 0.300. The zero-order valence-electron chi connectivity index (χ0n) is 10.1. The van der Waals surface area contributed by atoms with Gasteiger partial charge in [0.25, 0.3) is 0 Å². The predicted molar refractivity (Wildman–Crippen MR) is 60.7 cm³/mol. The van der Waals surface area contributed by atoms with Crippen LogP contribution in [0.4, 0.5) is 0 Å². The molecule has 0 saturated carbocycles. The van der Waals surface area contributed by atoms with E-state index in [9.17, 15) is 4.79 Å². The summed E-state index contributed by atoms with van der Waals surface area (Å²) in [5.74, 6) is -0.535. The SMILES string of the molecule is CCc1cc(C)c2c(c1)OC(C)(C)OC2=O. The van der Waals surface area contributed by atoms with Gasteiger partial charge in [0.05, 0.1) is 0 Å². The van der Waals surface area contributed by atoms with Gasteiger partial charge in [0.15, 0.2) is 0 Å². The number of esters is 1. The minimum atomic E-state index is -0.872. The number of fused-ring (bicyclic) bond motifs is 1. The average Bonchev–Trinajstić information content (AvgIpc) is 2.13. The maximum absolute atomic E-state index is 11.8. The molecule has 0 aromatic heterocycles. The largest absolute Gasteiger partial charge is 0.452 e. The van der Waals surface area contributed by atoms with E-state index in [1.54, 1.807) is 13.8 Å². The first-order valence-corrected chi connectivity index (χ1v) is 5.49. The second-order valence-corrected chi connectivity index (χ2v) is 4.53. The van der Waals surface area contributed by atoms with E-state index in [1.165, 1.54) is 5.56 Å². The van der Waals surface area contributed by atoms with Crippen LogP contribution in [0.1, 0.15) is 42.3 Å². The lowest BCUT2D eigenvalue weighted by molar-refractivity contribution is -0.127. The van der Waals surface area contributed by atoms with Gasteiger partial charge in [-0.1, -0.05) is 13.0 Å². The lowest BCUT2D eigenvalue weighted by atomic mass is 10.0. The van der Waals surface area contributed by atoms with Crippen LogP contribution in [-0.2, 0) is 11.2 Å². The van der Waals surface area contributed by atoms with E-state index >= 15 is 0 Å². The predicted octanol–water partition coefficient (Wildman–Crippen LogP) is 2.84. The quantitative estimate of drug-likeness (QED) is 0.683. The summed E-state index contributed by atoms with van der Waals surface area (Å²) in [5, 5.41) is 0. The molecule has 1 aromatic rings. The third-order valence-electron chi connectivity index (χ3n) is 2.67. The molecule has 16 heavy (non-hydrogen) atoms. The van der Waals surface area contributed by atoms with Crippen LogP contribution in [0.2, 0.25) is 0 Å². The van der Waals surface area contributed by atoms with Crippen LogP contribution in [0.3, 0.4) is 0 Å². The van der Waals surface area contributed by atoms with Crippen molar-refractivity contribution < 1.29 is 14.3 Å². The van der Waals surface area contributed by atoms with Gasteiger partial charge >= 0.3 is 5.97 Å². The molecule has 1 heterocycles. The summed E-state index contributed by atoms with van der Waals surface area (Å²) in [5.41, 5.74) is 2.63. The molecular formula is C13H16O3. The molecule has 0 aliphatic carbocycles. The fourth-order valence-corrected chi connectivity index (χ4v) is 1.93. The average molecular weight is 220 g/mol. The van der Waals surface area contributed by atoms with Gasteiger partial charge in [0.1, 0.15) is 11.3 Å². The van der Waals surface area contributed by atoms with E-state index in [4.69, 9.17) is 9.47 Å². The molecule has 0 amide bonds. The Labute approximate surface area is 95.4 Å². The van der Waals surface area contributed by atoms with Crippen molar-refractivity contribution in [2.45, 2.75) is 39.9 Å². The second kappa shape index (κ2) is 3.51. The summed E-state index contributed by atoms with van der Waals surface area (Å²) in [6.07, 6.45) is 0.924. The number of hydrogen-bond donors (Lipinski definition) is 0. The van der Waals surface area contributed by atoms with Gasteiger partial charge in [0, 0.05) is 13.8 Å². The first kappa shape index (κ1) is 11.0. The highest BCUT2D eigenvalue weighted by molar-refractivity contribution is 5.95. The number of ether oxygens (including phenoxy) is 2. The van der Waals surface area contributed by atoms with Crippen molar-refractivity contribution in [2.24, 2.45) is 0 Å². The number of aryl methyl sites for hydroxylation is 2. The Bertz CT molecular complexity index is 447. The van der Waals surface area contributed by atoms with E-state index in [0.717, 1.165) is 12.0 Å². The topological polar surface area (TPSA) is 35.5 Å². The fourth-order valence-electron chi connectivity index (χ4n) is 1.93. The Hall–Kier alpha value is -1.51. The van der Waals surface area contributed by atoms with Gasteiger partial charge in [-0.15, -0.1) is 0 Å². The van der Waals surface area contributed by atoms with Crippen molar-refractivity contribution in [3.05, 3.63) is 28.8 Å². The smallest absolute Gasteiger partial charge is 0.345 e. The number of cyclic esters (lactones) is 1. The molecule has 0 unspecified atom stereocenters. The van der Waals surface area contributed by atoms with Crippen LogP contribution >= 0.6 is 0 Å².